The number of hydrazone groups is 1. The number of pyridine rings is 1. The van der Waals surface area contributed by atoms with E-state index >= 15 is 0 Å². The first-order chi connectivity index (χ1) is 15.5. The highest BCUT2D eigenvalue weighted by Gasteiger charge is 2.15. The van der Waals surface area contributed by atoms with E-state index in [9.17, 15) is 9.59 Å². The van der Waals surface area contributed by atoms with E-state index in [1.165, 1.54) is 11.8 Å². The molecule has 0 aliphatic heterocycles. The molecule has 7 nitrogen and oxygen atoms in total. The number of fused-ring (bicyclic) bond motifs is 1. The van der Waals surface area contributed by atoms with Crippen LogP contribution in [0.1, 0.15) is 18.1 Å². The summed E-state index contributed by atoms with van der Waals surface area (Å²) in [6.07, 6.45) is 3.34. The van der Waals surface area contributed by atoms with Crippen LogP contribution in [0.5, 0.6) is 0 Å². The lowest BCUT2D eigenvalue weighted by molar-refractivity contribution is -0.118. The molecule has 32 heavy (non-hydrogen) atoms. The zero-order valence-corrected chi connectivity index (χ0v) is 18.5. The highest BCUT2D eigenvalue weighted by atomic mass is 32.2. The fourth-order valence-corrected chi connectivity index (χ4v) is 4.00. The molecule has 0 unspecified atom stereocenters. The summed E-state index contributed by atoms with van der Waals surface area (Å²) in [6.45, 7) is 3.75. The number of nitrogens with zero attached hydrogens (tertiary/aromatic N) is 4. The summed E-state index contributed by atoms with van der Waals surface area (Å²) < 4.78 is 1.57. The lowest BCUT2D eigenvalue weighted by atomic mass is 10.2. The molecule has 1 amide bonds. The van der Waals surface area contributed by atoms with Crippen LogP contribution >= 0.6 is 11.8 Å². The lowest BCUT2D eigenvalue weighted by Crippen LogP contribution is -2.25. The molecule has 0 aliphatic rings. The number of para-hydroxylation sites is 2. The smallest absolute Gasteiger partial charge is 0.266 e. The van der Waals surface area contributed by atoms with Crippen LogP contribution in [-0.4, -0.2) is 31.9 Å². The predicted octanol–water partition coefficient (Wildman–Crippen LogP) is 3.72. The minimum Gasteiger partial charge on any atom is -0.272 e. The third-order valence-corrected chi connectivity index (χ3v) is 5.82. The molecule has 2 heterocycles. The van der Waals surface area contributed by atoms with E-state index in [4.69, 9.17) is 0 Å². The Morgan fingerprint density at radius 3 is 2.56 bits per heavy atom. The zero-order valence-electron chi connectivity index (χ0n) is 17.6. The summed E-state index contributed by atoms with van der Waals surface area (Å²) in [5.41, 5.74) is 6.22. The van der Waals surface area contributed by atoms with Crippen molar-refractivity contribution in [3.8, 4) is 5.69 Å². The molecule has 2 aromatic heterocycles. The van der Waals surface area contributed by atoms with Gasteiger partial charge in [-0.2, -0.15) is 5.10 Å². The van der Waals surface area contributed by atoms with Gasteiger partial charge in [0.25, 0.3) is 11.5 Å². The second-order valence-corrected chi connectivity index (χ2v) is 8.04. The number of carbonyl (C=O) groups is 1. The van der Waals surface area contributed by atoms with Gasteiger partial charge >= 0.3 is 0 Å². The van der Waals surface area contributed by atoms with E-state index in [1.807, 2.05) is 62.4 Å². The molecule has 1 N–H and O–H groups in total. The third-order valence-electron chi connectivity index (χ3n) is 4.88. The molecule has 0 radical (unpaired) electrons. The fourth-order valence-electron chi connectivity index (χ4n) is 3.20. The van der Waals surface area contributed by atoms with Crippen molar-refractivity contribution in [1.82, 2.24) is 20.0 Å². The van der Waals surface area contributed by atoms with Gasteiger partial charge in [-0.1, -0.05) is 42.1 Å². The summed E-state index contributed by atoms with van der Waals surface area (Å²) >= 11 is 1.20. The molecule has 8 heteroatoms. The normalized spacial score (nSPS) is 11.5. The van der Waals surface area contributed by atoms with Gasteiger partial charge in [0.1, 0.15) is 0 Å². The first-order valence-corrected chi connectivity index (χ1v) is 11.0. The number of nitrogens with one attached hydrogen (secondary N) is 1. The molecule has 2 aromatic carbocycles. The molecule has 0 bridgehead atoms. The van der Waals surface area contributed by atoms with Gasteiger partial charge in [0.2, 0.25) is 0 Å². The van der Waals surface area contributed by atoms with Crippen molar-refractivity contribution in [2.75, 3.05) is 5.75 Å². The molecule has 0 aliphatic carbocycles. The number of aromatic nitrogens is 3. The van der Waals surface area contributed by atoms with Crippen LogP contribution in [-0.2, 0) is 4.79 Å². The maximum Gasteiger partial charge on any atom is 0.266 e. The van der Waals surface area contributed by atoms with Crippen molar-refractivity contribution in [2.45, 2.75) is 19.0 Å². The van der Waals surface area contributed by atoms with Crippen molar-refractivity contribution >= 4 is 34.3 Å². The van der Waals surface area contributed by atoms with Gasteiger partial charge in [-0.15, -0.1) is 0 Å². The van der Waals surface area contributed by atoms with Gasteiger partial charge in [-0.05, 0) is 49.7 Å². The maximum absolute atomic E-state index is 13.3. The molecule has 4 aromatic rings. The quantitative estimate of drug-likeness (QED) is 0.212. The van der Waals surface area contributed by atoms with Crippen LogP contribution < -0.4 is 11.0 Å². The maximum atomic E-state index is 13.3. The molecule has 0 saturated heterocycles. The van der Waals surface area contributed by atoms with Crippen LogP contribution in [0.4, 0.5) is 0 Å². The topological polar surface area (TPSA) is 89.2 Å². The number of amides is 1. The first-order valence-electron chi connectivity index (χ1n) is 9.98. The molecule has 160 valence electrons. The molecule has 4 rings (SSSR count). The minimum atomic E-state index is -0.290. The lowest BCUT2D eigenvalue weighted by Gasteiger charge is -2.14. The number of hydrogen-bond acceptors (Lipinski definition) is 6. The molecule has 0 fully saturated rings. The summed E-state index contributed by atoms with van der Waals surface area (Å²) in [6, 6.07) is 18.5. The van der Waals surface area contributed by atoms with Crippen molar-refractivity contribution in [3.63, 3.8) is 0 Å². The third kappa shape index (κ3) is 4.60. The Morgan fingerprint density at radius 1 is 1.06 bits per heavy atom. The van der Waals surface area contributed by atoms with Crippen molar-refractivity contribution < 1.29 is 4.79 Å². The monoisotopic (exact) mass is 443 g/mol. The Morgan fingerprint density at radius 2 is 1.78 bits per heavy atom. The van der Waals surface area contributed by atoms with Crippen LogP contribution in [0.15, 0.2) is 88.1 Å². The first kappa shape index (κ1) is 21.5. The summed E-state index contributed by atoms with van der Waals surface area (Å²) in [5.74, 6) is -0.230. The Hall–Kier alpha value is -3.78. The van der Waals surface area contributed by atoms with Crippen molar-refractivity contribution in [3.05, 3.63) is 94.5 Å². The van der Waals surface area contributed by atoms with Crippen molar-refractivity contribution in [1.29, 1.82) is 0 Å². The van der Waals surface area contributed by atoms with E-state index < -0.39 is 0 Å². The van der Waals surface area contributed by atoms with Gasteiger partial charge in [0, 0.05) is 18.0 Å². The number of benzene rings is 2. The molecular weight excluding hydrogens is 422 g/mol. The minimum absolute atomic E-state index is 0.0593. The molecular formula is C24H21N5O2S. The van der Waals surface area contributed by atoms with Gasteiger partial charge < -0.3 is 0 Å². The Kier molecular flexibility index (Phi) is 6.42. The number of thioether (sulfide) groups is 1. The standard InChI is InChI=1S/C24H21N5O2S/c1-16-7-3-6-10-21(16)29-23(31)19-8-4-5-9-20(19)26-24(29)32-15-22(30)28-27-17(2)18-11-13-25-14-12-18/h3-14H,15H2,1-2H3,(H,28,30)/b27-17+. The van der Waals surface area contributed by atoms with Gasteiger partial charge in [-0.3, -0.25) is 19.1 Å². The van der Waals surface area contributed by atoms with E-state index in [-0.39, 0.29) is 17.2 Å². The highest BCUT2D eigenvalue weighted by Crippen LogP contribution is 2.23. The number of hydrogen-bond donors (Lipinski definition) is 1. The SMILES string of the molecule is C/C(=N\NC(=O)CSc1nc2ccccc2c(=O)n1-c1ccccc1C)c1ccncc1. The average molecular weight is 444 g/mol. The van der Waals surface area contributed by atoms with E-state index in [0.29, 0.717) is 21.8 Å². The zero-order chi connectivity index (χ0) is 22.5. The van der Waals surface area contributed by atoms with Gasteiger partial charge in [0.15, 0.2) is 5.16 Å². The van der Waals surface area contributed by atoms with Crippen LogP contribution in [0.3, 0.4) is 0 Å². The molecule has 0 saturated carbocycles. The van der Waals surface area contributed by atoms with Crippen LogP contribution in [0, 0.1) is 6.92 Å². The number of rotatable bonds is 6. The van der Waals surface area contributed by atoms with Crippen LogP contribution in [0.2, 0.25) is 0 Å². The fraction of sp³-hybridized carbons (Fsp3) is 0.125. The summed E-state index contributed by atoms with van der Waals surface area (Å²) in [5, 5.41) is 5.14. The number of aryl methyl sites for hydroxylation is 1. The second-order valence-electron chi connectivity index (χ2n) is 7.10. The Bertz CT molecular complexity index is 1370. The average Bonchev–Trinajstić information content (AvgIpc) is 2.82. The van der Waals surface area contributed by atoms with Crippen LogP contribution in [0.25, 0.3) is 16.6 Å². The van der Waals surface area contributed by atoms with Gasteiger partial charge in [-0.25, -0.2) is 10.4 Å². The Labute approximate surface area is 189 Å². The summed E-state index contributed by atoms with van der Waals surface area (Å²) in [7, 11) is 0. The van der Waals surface area contributed by atoms with E-state index in [2.05, 4.69) is 20.5 Å². The highest BCUT2D eigenvalue weighted by molar-refractivity contribution is 7.99. The molecule has 0 spiro atoms. The summed E-state index contributed by atoms with van der Waals surface area (Å²) in [4.78, 5) is 34.4. The second kappa shape index (κ2) is 9.57. The largest absolute Gasteiger partial charge is 0.272 e. The predicted molar refractivity (Wildman–Crippen MR) is 127 cm³/mol. The Balaban J connectivity index is 1.61. The van der Waals surface area contributed by atoms with Crippen molar-refractivity contribution in [2.24, 2.45) is 5.10 Å². The van der Waals surface area contributed by atoms with Gasteiger partial charge in [0.05, 0.1) is 28.1 Å². The van der Waals surface area contributed by atoms with E-state index in [1.54, 1.807) is 29.1 Å². The molecule has 0 atom stereocenters. The van der Waals surface area contributed by atoms with E-state index in [0.717, 1.165) is 16.8 Å². The number of carbonyl (C=O) groups excluding carboxylic acids is 1.